The molecule has 1 aliphatic carbocycles. The van der Waals surface area contributed by atoms with E-state index in [4.69, 9.17) is 4.74 Å². The van der Waals surface area contributed by atoms with Crippen molar-refractivity contribution < 1.29 is 9.84 Å². The topological polar surface area (TPSA) is 29.5 Å². The van der Waals surface area contributed by atoms with Crippen LogP contribution in [0.1, 0.15) is 62.5 Å². The molecule has 0 heterocycles. The van der Waals surface area contributed by atoms with Crippen LogP contribution in [0.4, 0.5) is 0 Å². The zero-order chi connectivity index (χ0) is 13.5. The van der Waals surface area contributed by atoms with Crippen LogP contribution in [0.3, 0.4) is 0 Å². The number of methoxy groups -OCH3 is 1. The Morgan fingerprint density at radius 3 is 1.63 bits per heavy atom. The maximum Gasteiger partial charge on any atom is 0.122 e. The minimum atomic E-state index is 0.514. The van der Waals surface area contributed by atoms with Crippen molar-refractivity contribution in [1.29, 1.82) is 0 Å². The summed E-state index contributed by atoms with van der Waals surface area (Å²) in [5, 5.41) is 10.4. The van der Waals surface area contributed by atoms with Gasteiger partial charge in [-0.2, -0.15) is 0 Å². The van der Waals surface area contributed by atoms with Gasteiger partial charge in [0.2, 0.25) is 0 Å². The molecule has 0 unspecified atom stereocenters. The van der Waals surface area contributed by atoms with E-state index in [0.717, 1.165) is 29.7 Å². The first-order valence-corrected chi connectivity index (χ1v) is 7.70. The molecule has 0 aliphatic heterocycles. The Labute approximate surface area is 116 Å². The zero-order valence-corrected chi connectivity index (χ0v) is 12.1. The molecular formula is C17H26O2. The summed E-state index contributed by atoms with van der Waals surface area (Å²) in [6, 6.07) is 4.00. The molecular weight excluding hydrogens is 236 g/mol. The average molecular weight is 262 g/mol. The number of ether oxygens (including phenoxy) is 1. The number of phenols is 1. The molecule has 2 nitrogen and oxygen atoms in total. The lowest BCUT2D eigenvalue weighted by Crippen LogP contribution is -1.95. The van der Waals surface area contributed by atoms with Crippen LogP contribution in [-0.4, -0.2) is 12.2 Å². The Bertz CT molecular complexity index is 365. The highest BCUT2D eigenvalue weighted by atomic mass is 16.5. The number of rotatable bonds is 1. The first-order chi connectivity index (χ1) is 9.31. The highest BCUT2D eigenvalue weighted by Crippen LogP contribution is 2.31. The van der Waals surface area contributed by atoms with Gasteiger partial charge in [-0.05, 0) is 48.9 Å². The second-order valence-electron chi connectivity index (χ2n) is 5.62. The Kier molecular flexibility index (Phi) is 5.56. The number of benzene rings is 1. The van der Waals surface area contributed by atoms with E-state index < -0.39 is 0 Å². The van der Waals surface area contributed by atoms with Crippen molar-refractivity contribution in [3.05, 3.63) is 23.3 Å². The van der Waals surface area contributed by atoms with E-state index in [9.17, 15) is 5.11 Å². The number of hydrogen-bond donors (Lipinski definition) is 1. The van der Waals surface area contributed by atoms with Crippen LogP contribution < -0.4 is 4.74 Å². The van der Waals surface area contributed by atoms with E-state index in [1.807, 2.05) is 12.1 Å². The molecule has 0 aromatic heterocycles. The fourth-order valence-electron chi connectivity index (χ4n) is 2.92. The van der Waals surface area contributed by atoms with Gasteiger partial charge in [0, 0.05) is 0 Å². The average Bonchev–Trinajstić information content (AvgIpc) is 2.43. The quantitative estimate of drug-likeness (QED) is 0.800. The van der Waals surface area contributed by atoms with Gasteiger partial charge in [0.1, 0.15) is 11.5 Å². The highest BCUT2D eigenvalue weighted by molar-refractivity contribution is 5.46. The van der Waals surface area contributed by atoms with E-state index in [1.54, 1.807) is 7.11 Å². The molecule has 0 spiro atoms. The summed E-state index contributed by atoms with van der Waals surface area (Å²) >= 11 is 0. The van der Waals surface area contributed by atoms with Gasteiger partial charge in [-0.25, -0.2) is 0 Å². The van der Waals surface area contributed by atoms with Gasteiger partial charge in [-0.15, -0.1) is 0 Å². The molecule has 0 atom stereocenters. The number of phenolic OH excluding ortho intramolecular Hbond substituents is 1. The summed E-state index contributed by atoms with van der Waals surface area (Å²) in [7, 11) is 1.70. The van der Waals surface area contributed by atoms with E-state index >= 15 is 0 Å². The minimum Gasteiger partial charge on any atom is -0.507 e. The molecule has 0 fully saturated rings. The van der Waals surface area contributed by atoms with Crippen LogP contribution in [0.25, 0.3) is 0 Å². The summed E-state index contributed by atoms with van der Waals surface area (Å²) < 4.78 is 5.36. The van der Waals surface area contributed by atoms with Crippen molar-refractivity contribution in [2.75, 3.05) is 7.11 Å². The van der Waals surface area contributed by atoms with Gasteiger partial charge >= 0.3 is 0 Å². The lowest BCUT2D eigenvalue weighted by molar-refractivity contribution is 0.408. The normalized spacial score (nSPS) is 17.9. The maximum absolute atomic E-state index is 10.4. The first-order valence-electron chi connectivity index (χ1n) is 7.70. The predicted octanol–water partition coefficient (Wildman–Crippen LogP) is 4.62. The molecule has 2 heteroatoms. The Morgan fingerprint density at radius 1 is 0.789 bits per heavy atom. The van der Waals surface area contributed by atoms with Gasteiger partial charge in [0.05, 0.1) is 7.11 Å². The summed E-state index contributed by atoms with van der Waals surface area (Å²) in [5.74, 6) is 1.40. The van der Waals surface area contributed by atoms with E-state index in [1.165, 1.54) is 51.4 Å². The van der Waals surface area contributed by atoms with Crippen LogP contribution in [0.5, 0.6) is 11.5 Å². The highest BCUT2D eigenvalue weighted by Gasteiger charge is 2.11. The molecule has 2 bridgehead atoms. The maximum atomic E-state index is 10.4. The third kappa shape index (κ3) is 4.15. The number of fused-ring (bicyclic) bond motifs is 2. The second kappa shape index (κ2) is 7.42. The molecule has 2 rings (SSSR count). The standard InChI is InChI=1S/C17H26O2/c1-19-16-12-14-10-8-6-4-2-3-5-7-9-11-15(13-16)17(14)18/h12-13,18H,2-11H2,1H3. The largest absolute Gasteiger partial charge is 0.507 e. The minimum absolute atomic E-state index is 0.514. The Balaban J connectivity index is 2.17. The fraction of sp³-hybridized carbons (Fsp3) is 0.647. The predicted molar refractivity (Wildman–Crippen MR) is 79.0 cm³/mol. The van der Waals surface area contributed by atoms with Crippen molar-refractivity contribution >= 4 is 0 Å². The third-order valence-electron chi connectivity index (χ3n) is 4.12. The Morgan fingerprint density at radius 2 is 1.21 bits per heavy atom. The molecule has 1 aliphatic rings. The molecule has 0 amide bonds. The number of aromatic hydroxyl groups is 1. The smallest absolute Gasteiger partial charge is 0.122 e. The monoisotopic (exact) mass is 262 g/mol. The van der Waals surface area contributed by atoms with Gasteiger partial charge in [-0.1, -0.05) is 38.5 Å². The number of aryl methyl sites for hydroxylation is 2. The van der Waals surface area contributed by atoms with Crippen molar-refractivity contribution in [3.63, 3.8) is 0 Å². The van der Waals surface area contributed by atoms with Crippen LogP contribution in [0, 0.1) is 0 Å². The second-order valence-corrected chi connectivity index (χ2v) is 5.62. The summed E-state index contributed by atoms with van der Waals surface area (Å²) in [4.78, 5) is 0. The third-order valence-corrected chi connectivity index (χ3v) is 4.12. The summed E-state index contributed by atoms with van der Waals surface area (Å²) in [6.07, 6.45) is 12.2. The van der Waals surface area contributed by atoms with E-state index in [-0.39, 0.29) is 0 Å². The Hall–Kier alpha value is -1.18. The van der Waals surface area contributed by atoms with Crippen molar-refractivity contribution in [2.45, 2.75) is 64.2 Å². The van der Waals surface area contributed by atoms with Crippen LogP contribution in [0.15, 0.2) is 12.1 Å². The summed E-state index contributed by atoms with van der Waals surface area (Å²) in [5.41, 5.74) is 2.13. The lowest BCUT2D eigenvalue weighted by Gasteiger charge is -2.12. The van der Waals surface area contributed by atoms with Gasteiger partial charge in [0.15, 0.2) is 0 Å². The molecule has 0 radical (unpaired) electrons. The molecule has 1 aromatic carbocycles. The van der Waals surface area contributed by atoms with Gasteiger partial charge in [-0.3, -0.25) is 0 Å². The lowest BCUT2D eigenvalue weighted by atomic mass is 9.99. The first kappa shape index (κ1) is 14.2. The van der Waals surface area contributed by atoms with Gasteiger partial charge < -0.3 is 9.84 Å². The molecule has 1 N–H and O–H groups in total. The molecule has 19 heavy (non-hydrogen) atoms. The van der Waals surface area contributed by atoms with Crippen LogP contribution >= 0.6 is 0 Å². The van der Waals surface area contributed by atoms with Crippen LogP contribution in [-0.2, 0) is 12.8 Å². The SMILES string of the molecule is COc1cc2c(O)c(c1)CCCCCCCCCC2. The number of hydrogen-bond acceptors (Lipinski definition) is 2. The molecule has 106 valence electrons. The summed E-state index contributed by atoms with van der Waals surface area (Å²) in [6.45, 7) is 0. The van der Waals surface area contributed by atoms with E-state index in [0.29, 0.717) is 5.75 Å². The molecule has 0 saturated carbocycles. The molecule has 0 saturated heterocycles. The van der Waals surface area contributed by atoms with Crippen molar-refractivity contribution in [1.82, 2.24) is 0 Å². The van der Waals surface area contributed by atoms with E-state index in [2.05, 4.69) is 0 Å². The van der Waals surface area contributed by atoms with Crippen molar-refractivity contribution in [2.24, 2.45) is 0 Å². The fourth-order valence-corrected chi connectivity index (χ4v) is 2.92. The van der Waals surface area contributed by atoms with Crippen LogP contribution in [0.2, 0.25) is 0 Å². The molecule has 1 aromatic rings. The van der Waals surface area contributed by atoms with Crippen molar-refractivity contribution in [3.8, 4) is 11.5 Å². The van der Waals surface area contributed by atoms with Gasteiger partial charge in [0.25, 0.3) is 0 Å². The zero-order valence-electron chi connectivity index (χ0n) is 12.1.